The third-order valence-electron chi connectivity index (χ3n) is 2.84. The Kier molecular flexibility index (Phi) is 4.81. The average Bonchev–Trinajstić information content (AvgIpc) is 2.52. The van der Waals surface area contributed by atoms with Crippen LogP contribution < -0.4 is 9.47 Å². The molecule has 0 atom stereocenters. The van der Waals surface area contributed by atoms with Crippen molar-refractivity contribution in [3.05, 3.63) is 58.6 Å². The molecule has 5 heteroatoms. The van der Waals surface area contributed by atoms with Gasteiger partial charge in [-0.2, -0.15) is 5.26 Å². The zero-order valence-corrected chi connectivity index (χ0v) is 12.1. The summed E-state index contributed by atoms with van der Waals surface area (Å²) in [5.41, 5.74) is 0.813. The summed E-state index contributed by atoms with van der Waals surface area (Å²) < 4.78 is 10.4. The van der Waals surface area contributed by atoms with Crippen molar-refractivity contribution in [3.8, 4) is 17.6 Å². The van der Waals surface area contributed by atoms with Crippen LogP contribution in [0.1, 0.15) is 15.9 Å². The van der Waals surface area contributed by atoms with E-state index in [0.717, 1.165) is 0 Å². The molecule has 0 N–H and O–H groups in total. The topological polar surface area (TPSA) is 59.3 Å². The first kappa shape index (κ1) is 14.9. The van der Waals surface area contributed by atoms with Crippen LogP contribution in [0.5, 0.6) is 11.5 Å². The summed E-state index contributed by atoms with van der Waals surface area (Å²) in [6.07, 6.45) is 0. The molecule has 0 bridgehead atoms. The number of halogens is 1. The summed E-state index contributed by atoms with van der Waals surface area (Å²) in [5, 5.41) is 9.31. The summed E-state index contributed by atoms with van der Waals surface area (Å²) in [5.74, 6) is 0.657. The first-order valence-electron chi connectivity index (χ1n) is 6.14. The van der Waals surface area contributed by atoms with Crippen LogP contribution in [0.3, 0.4) is 0 Å². The standard InChI is InChI=1S/C16H12ClNO3/c1-20-16-7-6-11(8-13(16)17)14(19)10-21-15-5-3-2-4-12(15)9-18/h2-8H,10H2,1H3. The number of nitrogens with zero attached hydrogens (tertiary/aromatic N) is 1. The lowest BCUT2D eigenvalue weighted by Crippen LogP contribution is -2.12. The molecule has 0 unspecified atom stereocenters. The van der Waals surface area contributed by atoms with Gasteiger partial charge < -0.3 is 9.47 Å². The van der Waals surface area contributed by atoms with E-state index >= 15 is 0 Å². The Morgan fingerprint density at radius 3 is 2.67 bits per heavy atom. The Hall–Kier alpha value is -2.51. The SMILES string of the molecule is COc1ccc(C(=O)COc2ccccc2C#N)cc1Cl. The summed E-state index contributed by atoms with van der Waals surface area (Å²) in [4.78, 5) is 12.1. The summed E-state index contributed by atoms with van der Waals surface area (Å²) in [6.45, 7) is -0.165. The molecule has 0 fully saturated rings. The number of ketones is 1. The number of carbonyl (C=O) groups excluding carboxylic acids is 1. The number of carbonyl (C=O) groups is 1. The summed E-state index contributed by atoms with van der Waals surface area (Å²) in [7, 11) is 1.50. The molecule has 0 aliphatic carbocycles. The average molecular weight is 302 g/mol. The lowest BCUT2D eigenvalue weighted by atomic mass is 10.1. The highest BCUT2D eigenvalue weighted by Gasteiger charge is 2.11. The first-order chi connectivity index (χ1) is 10.2. The number of hydrogen-bond donors (Lipinski definition) is 0. The van der Waals surface area contributed by atoms with Gasteiger partial charge in [-0.25, -0.2) is 0 Å². The fourth-order valence-corrected chi connectivity index (χ4v) is 2.01. The molecule has 0 aliphatic heterocycles. The van der Waals surface area contributed by atoms with Crippen LogP contribution >= 0.6 is 11.6 Å². The number of Topliss-reactive ketones (excluding diaryl/α,β-unsaturated/α-hetero) is 1. The third kappa shape index (κ3) is 3.53. The van der Waals surface area contributed by atoms with Crippen LogP contribution in [0.2, 0.25) is 5.02 Å². The molecule has 0 aliphatic rings. The predicted octanol–water partition coefficient (Wildman–Crippen LogP) is 3.48. The van der Waals surface area contributed by atoms with E-state index in [1.807, 2.05) is 6.07 Å². The smallest absolute Gasteiger partial charge is 0.200 e. The Bertz CT molecular complexity index is 707. The van der Waals surface area contributed by atoms with Crippen molar-refractivity contribution in [2.45, 2.75) is 0 Å². The van der Waals surface area contributed by atoms with Gasteiger partial charge in [0.1, 0.15) is 17.6 Å². The number of benzene rings is 2. The van der Waals surface area contributed by atoms with Crippen molar-refractivity contribution in [1.82, 2.24) is 0 Å². The van der Waals surface area contributed by atoms with Crippen LogP contribution in [-0.4, -0.2) is 19.5 Å². The first-order valence-corrected chi connectivity index (χ1v) is 6.52. The van der Waals surface area contributed by atoms with Gasteiger partial charge in [0, 0.05) is 5.56 Å². The fourth-order valence-electron chi connectivity index (χ4n) is 1.75. The molecule has 0 radical (unpaired) electrons. The molecule has 21 heavy (non-hydrogen) atoms. The minimum absolute atomic E-state index is 0.165. The van der Waals surface area contributed by atoms with E-state index in [2.05, 4.69) is 0 Å². The predicted molar refractivity (Wildman–Crippen MR) is 79.0 cm³/mol. The molecule has 0 saturated heterocycles. The van der Waals surface area contributed by atoms with E-state index in [-0.39, 0.29) is 12.4 Å². The van der Waals surface area contributed by atoms with Crippen LogP contribution in [0.4, 0.5) is 0 Å². The molecule has 2 aromatic rings. The van der Waals surface area contributed by atoms with E-state index < -0.39 is 0 Å². The Labute approximate surface area is 127 Å². The van der Waals surface area contributed by atoms with Gasteiger partial charge in [0.2, 0.25) is 0 Å². The maximum absolute atomic E-state index is 12.1. The van der Waals surface area contributed by atoms with Crippen molar-refractivity contribution in [3.63, 3.8) is 0 Å². The molecule has 106 valence electrons. The number of nitriles is 1. The minimum atomic E-state index is -0.229. The largest absolute Gasteiger partial charge is 0.495 e. The quantitative estimate of drug-likeness (QED) is 0.793. The number of rotatable bonds is 5. The molecule has 0 aromatic heterocycles. The van der Waals surface area contributed by atoms with Gasteiger partial charge in [0.25, 0.3) is 0 Å². The lowest BCUT2D eigenvalue weighted by molar-refractivity contribution is 0.0921. The molecular weight excluding hydrogens is 290 g/mol. The van der Waals surface area contributed by atoms with Crippen LogP contribution in [0.25, 0.3) is 0 Å². The van der Waals surface area contributed by atoms with Gasteiger partial charge in [0.15, 0.2) is 12.4 Å². The van der Waals surface area contributed by atoms with Crippen molar-refractivity contribution >= 4 is 17.4 Å². The van der Waals surface area contributed by atoms with Gasteiger partial charge in [-0.15, -0.1) is 0 Å². The van der Waals surface area contributed by atoms with E-state index in [9.17, 15) is 4.79 Å². The normalized spacial score (nSPS) is 9.76. The number of para-hydroxylation sites is 1. The van der Waals surface area contributed by atoms with E-state index in [4.69, 9.17) is 26.3 Å². The maximum Gasteiger partial charge on any atom is 0.200 e. The molecule has 0 amide bonds. The van der Waals surface area contributed by atoms with Gasteiger partial charge in [0.05, 0.1) is 17.7 Å². The van der Waals surface area contributed by atoms with Crippen LogP contribution in [-0.2, 0) is 0 Å². The van der Waals surface area contributed by atoms with Crippen LogP contribution in [0, 0.1) is 11.3 Å². The van der Waals surface area contributed by atoms with E-state index in [0.29, 0.717) is 27.6 Å². The molecule has 2 rings (SSSR count). The summed E-state index contributed by atoms with van der Waals surface area (Å²) >= 11 is 5.98. The highest BCUT2D eigenvalue weighted by Crippen LogP contribution is 2.25. The molecule has 0 spiro atoms. The zero-order chi connectivity index (χ0) is 15.2. The third-order valence-corrected chi connectivity index (χ3v) is 3.14. The highest BCUT2D eigenvalue weighted by molar-refractivity contribution is 6.32. The second kappa shape index (κ2) is 6.78. The molecule has 0 saturated carbocycles. The van der Waals surface area contributed by atoms with Crippen molar-refractivity contribution < 1.29 is 14.3 Å². The van der Waals surface area contributed by atoms with Crippen LogP contribution in [0.15, 0.2) is 42.5 Å². The minimum Gasteiger partial charge on any atom is -0.495 e. The molecule has 2 aromatic carbocycles. The lowest BCUT2D eigenvalue weighted by Gasteiger charge is -2.08. The molecule has 4 nitrogen and oxygen atoms in total. The van der Waals surface area contributed by atoms with E-state index in [1.165, 1.54) is 13.2 Å². The fraction of sp³-hybridized carbons (Fsp3) is 0.125. The zero-order valence-electron chi connectivity index (χ0n) is 11.3. The summed E-state index contributed by atoms with van der Waals surface area (Å²) in [6, 6.07) is 13.5. The molecular formula is C16H12ClNO3. The van der Waals surface area contributed by atoms with Gasteiger partial charge in [-0.3, -0.25) is 4.79 Å². The second-order valence-electron chi connectivity index (χ2n) is 4.17. The van der Waals surface area contributed by atoms with Crippen molar-refractivity contribution in [1.29, 1.82) is 5.26 Å². The number of hydrogen-bond acceptors (Lipinski definition) is 4. The monoisotopic (exact) mass is 301 g/mol. The second-order valence-corrected chi connectivity index (χ2v) is 4.58. The molecule has 0 heterocycles. The Morgan fingerprint density at radius 2 is 2.00 bits per heavy atom. The van der Waals surface area contributed by atoms with Gasteiger partial charge >= 0.3 is 0 Å². The Balaban J connectivity index is 2.09. The number of ether oxygens (including phenoxy) is 2. The Morgan fingerprint density at radius 1 is 1.24 bits per heavy atom. The number of methoxy groups -OCH3 is 1. The maximum atomic E-state index is 12.1. The van der Waals surface area contributed by atoms with Gasteiger partial charge in [-0.05, 0) is 30.3 Å². The highest BCUT2D eigenvalue weighted by atomic mass is 35.5. The van der Waals surface area contributed by atoms with Crippen molar-refractivity contribution in [2.24, 2.45) is 0 Å². The van der Waals surface area contributed by atoms with E-state index in [1.54, 1.807) is 36.4 Å². The van der Waals surface area contributed by atoms with Crippen molar-refractivity contribution in [2.75, 3.05) is 13.7 Å². The van der Waals surface area contributed by atoms with Gasteiger partial charge in [-0.1, -0.05) is 23.7 Å².